The zero-order valence-electron chi connectivity index (χ0n) is 15.8. The van der Waals surface area contributed by atoms with Crippen LogP contribution in [0.25, 0.3) is 0 Å². The minimum atomic E-state index is -0.179. The first-order chi connectivity index (χ1) is 13.6. The number of halogens is 1. The van der Waals surface area contributed by atoms with Gasteiger partial charge in [-0.25, -0.2) is 0 Å². The molecule has 2 N–H and O–H groups in total. The van der Waals surface area contributed by atoms with E-state index in [-0.39, 0.29) is 24.8 Å². The molecule has 1 fully saturated rings. The lowest BCUT2D eigenvalue weighted by molar-refractivity contribution is -0.116. The highest BCUT2D eigenvalue weighted by molar-refractivity contribution is 6.34. The van der Waals surface area contributed by atoms with Crippen molar-refractivity contribution < 1.29 is 14.3 Å². The lowest BCUT2D eigenvalue weighted by Crippen LogP contribution is -2.37. The summed E-state index contributed by atoms with van der Waals surface area (Å²) >= 11 is 6.38. The first kappa shape index (κ1) is 20.2. The van der Waals surface area contributed by atoms with Crippen LogP contribution in [-0.2, 0) is 9.53 Å². The molecule has 0 unspecified atom stereocenters. The molecule has 1 heterocycles. The average molecular weight is 402 g/mol. The van der Waals surface area contributed by atoms with Gasteiger partial charge in [0.05, 0.1) is 29.6 Å². The molecule has 6 nitrogen and oxygen atoms in total. The van der Waals surface area contributed by atoms with E-state index in [0.29, 0.717) is 29.5 Å². The molecule has 0 bridgehead atoms. The van der Waals surface area contributed by atoms with Crippen molar-refractivity contribution in [2.75, 3.05) is 43.1 Å². The van der Waals surface area contributed by atoms with Crippen molar-refractivity contribution in [3.63, 3.8) is 0 Å². The quantitative estimate of drug-likeness (QED) is 0.779. The molecule has 0 atom stereocenters. The minimum Gasteiger partial charge on any atom is -0.378 e. The molecule has 1 aliphatic rings. The molecule has 0 radical (unpaired) electrons. The second kappa shape index (κ2) is 9.57. The maximum atomic E-state index is 12.4. The smallest absolute Gasteiger partial charge is 0.251 e. The Hall–Kier alpha value is -2.57. The van der Waals surface area contributed by atoms with Crippen LogP contribution in [0.5, 0.6) is 0 Å². The largest absolute Gasteiger partial charge is 0.378 e. The summed E-state index contributed by atoms with van der Waals surface area (Å²) in [6.07, 6.45) is 0.173. The van der Waals surface area contributed by atoms with E-state index in [9.17, 15) is 9.59 Å². The molecule has 0 spiro atoms. The fraction of sp³-hybridized carbons (Fsp3) is 0.333. The topological polar surface area (TPSA) is 70.7 Å². The van der Waals surface area contributed by atoms with Crippen LogP contribution in [0.15, 0.2) is 42.5 Å². The Morgan fingerprint density at radius 2 is 1.86 bits per heavy atom. The van der Waals surface area contributed by atoms with Crippen molar-refractivity contribution in [2.24, 2.45) is 0 Å². The van der Waals surface area contributed by atoms with E-state index in [1.807, 2.05) is 43.3 Å². The number of morpholine rings is 1. The molecule has 148 valence electrons. The van der Waals surface area contributed by atoms with Crippen molar-refractivity contribution >= 4 is 34.8 Å². The Morgan fingerprint density at radius 1 is 1.11 bits per heavy atom. The van der Waals surface area contributed by atoms with E-state index in [4.69, 9.17) is 16.3 Å². The summed E-state index contributed by atoms with van der Waals surface area (Å²) in [4.78, 5) is 26.7. The van der Waals surface area contributed by atoms with Gasteiger partial charge >= 0.3 is 0 Å². The molecule has 0 aliphatic carbocycles. The van der Waals surface area contributed by atoms with Gasteiger partial charge in [-0.1, -0.05) is 35.9 Å². The second-order valence-corrected chi connectivity index (χ2v) is 7.01. The summed E-state index contributed by atoms with van der Waals surface area (Å²) in [5.41, 5.74) is 3.00. The number of amides is 2. The van der Waals surface area contributed by atoms with Crippen molar-refractivity contribution in [2.45, 2.75) is 13.3 Å². The minimum absolute atomic E-state index is 0.173. The van der Waals surface area contributed by atoms with Crippen LogP contribution in [0.2, 0.25) is 5.02 Å². The lowest BCUT2D eigenvalue weighted by Gasteiger charge is -2.31. The Bertz CT molecular complexity index is 851. The van der Waals surface area contributed by atoms with Gasteiger partial charge in [0.15, 0.2) is 0 Å². The summed E-state index contributed by atoms with van der Waals surface area (Å²) in [6.45, 7) is 4.84. The highest BCUT2D eigenvalue weighted by Crippen LogP contribution is 2.34. The summed E-state index contributed by atoms with van der Waals surface area (Å²) < 4.78 is 5.39. The first-order valence-electron chi connectivity index (χ1n) is 9.31. The fourth-order valence-corrected chi connectivity index (χ4v) is 3.44. The van der Waals surface area contributed by atoms with Crippen LogP contribution in [0.3, 0.4) is 0 Å². The number of benzene rings is 2. The molecule has 0 saturated carbocycles. The zero-order chi connectivity index (χ0) is 19.9. The zero-order valence-corrected chi connectivity index (χ0v) is 16.6. The van der Waals surface area contributed by atoms with Gasteiger partial charge in [0.25, 0.3) is 5.91 Å². The molecule has 1 saturated heterocycles. The lowest BCUT2D eigenvalue weighted by atomic mass is 10.1. The van der Waals surface area contributed by atoms with Gasteiger partial charge in [-0.2, -0.15) is 0 Å². The van der Waals surface area contributed by atoms with Crippen LogP contribution >= 0.6 is 11.6 Å². The number of anilines is 2. The summed E-state index contributed by atoms with van der Waals surface area (Å²) in [5.74, 6) is -0.357. The van der Waals surface area contributed by atoms with E-state index in [1.54, 1.807) is 6.07 Å². The fourth-order valence-electron chi connectivity index (χ4n) is 3.15. The predicted octanol–water partition coefficient (Wildman–Crippen LogP) is 3.24. The Labute approximate surface area is 169 Å². The van der Waals surface area contributed by atoms with Crippen LogP contribution in [0.4, 0.5) is 11.4 Å². The van der Waals surface area contributed by atoms with Crippen molar-refractivity contribution in [1.82, 2.24) is 5.32 Å². The van der Waals surface area contributed by atoms with Gasteiger partial charge in [0.1, 0.15) is 0 Å². The summed E-state index contributed by atoms with van der Waals surface area (Å²) in [5, 5.41) is 6.30. The van der Waals surface area contributed by atoms with Crippen molar-refractivity contribution in [3.8, 4) is 0 Å². The van der Waals surface area contributed by atoms with Crippen molar-refractivity contribution in [3.05, 3.63) is 58.6 Å². The van der Waals surface area contributed by atoms with Gasteiger partial charge in [-0.15, -0.1) is 0 Å². The molecule has 28 heavy (non-hydrogen) atoms. The van der Waals surface area contributed by atoms with Gasteiger partial charge < -0.3 is 20.3 Å². The standard InChI is InChI=1S/C21H24ClN3O3/c1-15-5-2-3-6-16(15)21(27)23-10-9-19(26)24-18-8-4-7-17(22)20(18)25-11-13-28-14-12-25/h2-8H,9-14H2,1H3,(H,23,27)(H,24,26). The van der Waals surface area contributed by atoms with E-state index in [1.165, 1.54) is 0 Å². The van der Waals surface area contributed by atoms with Gasteiger partial charge in [-0.05, 0) is 30.7 Å². The summed E-state index contributed by atoms with van der Waals surface area (Å²) in [6, 6.07) is 12.8. The predicted molar refractivity (Wildman–Crippen MR) is 111 cm³/mol. The van der Waals surface area contributed by atoms with Crippen LogP contribution < -0.4 is 15.5 Å². The number of rotatable bonds is 6. The number of nitrogens with zero attached hydrogens (tertiary/aromatic N) is 1. The molecule has 2 aromatic rings. The number of hydrogen-bond acceptors (Lipinski definition) is 4. The number of ether oxygens (including phenoxy) is 1. The van der Waals surface area contributed by atoms with E-state index in [2.05, 4.69) is 15.5 Å². The maximum absolute atomic E-state index is 12.4. The van der Waals surface area contributed by atoms with Gasteiger partial charge in [-0.3, -0.25) is 9.59 Å². The van der Waals surface area contributed by atoms with Crippen LogP contribution in [0.1, 0.15) is 22.3 Å². The third-order valence-corrected chi connectivity index (χ3v) is 4.92. The molecule has 3 rings (SSSR count). The Morgan fingerprint density at radius 3 is 2.61 bits per heavy atom. The normalized spacial score (nSPS) is 13.9. The van der Waals surface area contributed by atoms with E-state index in [0.717, 1.165) is 24.3 Å². The van der Waals surface area contributed by atoms with Crippen LogP contribution in [-0.4, -0.2) is 44.7 Å². The maximum Gasteiger partial charge on any atom is 0.251 e. The third kappa shape index (κ3) is 5.03. The van der Waals surface area contributed by atoms with Crippen molar-refractivity contribution in [1.29, 1.82) is 0 Å². The Kier molecular flexibility index (Phi) is 6.90. The highest BCUT2D eigenvalue weighted by atomic mass is 35.5. The average Bonchev–Trinajstić information content (AvgIpc) is 2.69. The molecule has 1 aliphatic heterocycles. The van der Waals surface area contributed by atoms with Gasteiger partial charge in [0, 0.05) is 31.6 Å². The number of hydrogen-bond donors (Lipinski definition) is 2. The van der Waals surface area contributed by atoms with E-state index < -0.39 is 0 Å². The molecule has 7 heteroatoms. The van der Waals surface area contributed by atoms with E-state index >= 15 is 0 Å². The first-order valence-corrected chi connectivity index (χ1v) is 9.69. The molecular formula is C21H24ClN3O3. The summed E-state index contributed by atoms with van der Waals surface area (Å²) in [7, 11) is 0. The number of aryl methyl sites for hydroxylation is 1. The molecule has 2 aromatic carbocycles. The monoisotopic (exact) mass is 401 g/mol. The Balaban J connectivity index is 1.57. The number of nitrogens with one attached hydrogen (secondary N) is 2. The molecular weight excluding hydrogens is 378 g/mol. The van der Waals surface area contributed by atoms with Crippen LogP contribution in [0, 0.1) is 6.92 Å². The number of carbonyl (C=O) groups is 2. The third-order valence-electron chi connectivity index (χ3n) is 4.62. The second-order valence-electron chi connectivity index (χ2n) is 6.60. The number of carbonyl (C=O) groups excluding carboxylic acids is 2. The molecule has 2 amide bonds. The number of para-hydroxylation sites is 1. The SMILES string of the molecule is Cc1ccccc1C(=O)NCCC(=O)Nc1cccc(Cl)c1N1CCOCC1. The highest BCUT2D eigenvalue weighted by Gasteiger charge is 2.19. The van der Waals surface area contributed by atoms with Gasteiger partial charge in [0.2, 0.25) is 5.91 Å². The molecule has 0 aromatic heterocycles.